The zero-order valence-electron chi connectivity index (χ0n) is 17.0. The van der Waals surface area contributed by atoms with Crippen LogP contribution in [0.15, 0.2) is 47.4 Å². The fraction of sp³-hybridized carbons (Fsp3) is 0.391. The zero-order valence-corrected chi connectivity index (χ0v) is 17.8. The number of rotatable bonds is 4. The molecule has 2 aliphatic rings. The first-order valence-corrected chi connectivity index (χ1v) is 12.3. The molecule has 3 aromatic rings. The minimum absolute atomic E-state index is 0.318. The van der Waals surface area contributed by atoms with E-state index in [9.17, 15) is 8.42 Å². The minimum Gasteiger partial charge on any atom is -0.311 e. The summed E-state index contributed by atoms with van der Waals surface area (Å²) in [5.41, 5.74) is 3.72. The molecule has 6 nitrogen and oxygen atoms in total. The normalized spacial score (nSPS) is 16.4. The van der Waals surface area contributed by atoms with Crippen LogP contribution in [0.2, 0.25) is 0 Å². The van der Waals surface area contributed by atoms with Gasteiger partial charge in [0.25, 0.3) is 10.0 Å². The van der Waals surface area contributed by atoms with Crippen molar-refractivity contribution in [3.8, 4) is 11.4 Å². The van der Waals surface area contributed by atoms with E-state index in [-0.39, 0.29) is 0 Å². The molecule has 1 aliphatic heterocycles. The van der Waals surface area contributed by atoms with Crippen LogP contribution in [-0.4, -0.2) is 23.2 Å². The third kappa shape index (κ3) is 3.62. The number of sulfonamides is 1. The summed E-state index contributed by atoms with van der Waals surface area (Å²) in [6.07, 6.45) is 8.56. The topological polar surface area (TPSA) is 76.9 Å². The van der Waals surface area contributed by atoms with Crippen LogP contribution < -0.4 is 4.72 Å². The monoisotopic (exact) mass is 422 g/mol. The highest BCUT2D eigenvalue weighted by Crippen LogP contribution is 2.31. The van der Waals surface area contributed by atoms with Gasteiger partial charge in [-0.15, -0.1) is 10.2 Å². The summed E-state index contributed by atoms with van der Waals surface area (Å²) in [7, 11) is -3.70. The first-order valence-electron chi connectivity index (χ1n) is 10.8. The molecule has 1 N–H and O–H groups in total. The Hall–Kier alpha value is -2.67. The first kappa shape index (κ1) is 19.3. The van der Waals surface area contributed by atoms with E-state index in [1.54, 1.807) is 12.1 Å². The van der Waals surface area contributed by atoms with Crippen LogP contribution in [0.3, 0.4) is 0 Å². The van der Waals surface area contributed by atoms with Gasteiger partial charge in [-0.05, 0) is 73.9 Å². The van der Waals surface area contributed by atoms with Crippen molar-refractivity contribution in [3.63, 3.8) is 0 Å². The van der Waals surface area contributed by atoms with Gasteiger partial charge < -0.3 is 4.57 Å². The second-order valence-electron chi connectivity index (χ2n) is 8.19. The number of nitrogens with zero attached hydrogens (tertiary/aromatic N) is 3. The number of nitrogens with one attached hydrogen (secondary N) is 1. The predicted molar refractivity (Wildman–Crippen MR) is 117 cm³/mol. The lowest BCUT2D eigenvalue weighted by Crippen LogP contribution is -2.15. The van der Waals surface area contributed by atoms with E-state index in [0.717, 1.165) is 67.8 Å². The number of hydrogen-bond donors (Lipinski definition) is 1. The third-order valence-corrected chi connectivity index (χ3v) is 7.52. The van der Waals surface area contributed by atoms with Crippen molar-refractivity contribution in [1.29, 1.82) is 0 Å². The molecule has 156 valence electrons. The summed E-state index contributed by atoms with van der Waals surface area (Å²) in [4.78, 5) is 0.318. The van der Waals surface area contributed by atoms with Crippen molar-refractivity contribution in [2.75, 3.05) is 4.72 Å². The molecule has 0 saturated heterocycles. The van der Waals surface area contributed by atoms with Gasteiger partial charge in [-0.25, -0.2) is 8.42 Å². The standard InChI is InChI=1S/C23H26N4O2S/c28-30(29,19-14-13-17-8-3-4-9-18(17)16-19)26-21-11-6-5-10-20(21)23-25-24-22-12-2-1-7-15-27(22)23/h5-6,10-11,13-14,16,26H,1-4,7-9,12,15H2. The minimum atomic E-state index is -3.70. The van der Waals surface area contributed by atoms with Crippen molar-refractivity contribution in [2.24, 2.45) is 0 Å². The van der Waals surface area contributed by atoms with Gasteiger partial charge in [0.2, 0.25) is 0 Å². The summed E-state index contributed by atoms with van der Waals surface area (Å²) < 4.78 is 31.3. The average Bonchev–Trinajstić information content (AvgIpc) is 3.01. The Balaban J connectivity index is 1.50. The molecule has 0 bridgehead atoms. The molecule has 1 aromatic heterocycles. The molecule has 2 aromatic carbocycles. The second-order valence-corrected chi connectivity index (χ2v) is 9.87. The van der Waals surface area contributed by atoms with Crippen LogP contribution in [0.1, 0.15) is 49.1 Å². The van der Waals surface area contributed by atoms with Crippen LogP contribution in [0, 0.1) is 0 Å². The Labute approximate surface area is 177 Å². The lowest BCUT2D eigenvalue weighted by Gasteiger charge is -2.18. The predicted octanol–water partition coefficient (Wildman–Crippen LogP) is 4.35. The third-order valence-electron chi connectivity index (χ3n) is 6.15. The van der Waals surface area contributed by atoms with Crippen LogP contribution in [-0.2, 0) is 35.8 Å². The molecule has 0 amide bonds. The molecule has 0 atom stereocenters. The van der Waals surface area contributed by atoms with Gasteiger partial charge in [-0.3, -0.25) is 4.72 Å². The van der Waals surface area contributed by atoms with E-state index in [2.05, 4.69) is 19.5 Å². The molecule has 0 unspecified atom stereocenters. The van der Waals surface area contributed by atoms with Crippen LogP contribution in [0.5, 0.6) is 0 Å². The molecule has 0 spiro atoms. The van der Waals surface area contributed by atoms with E-state index in [0.29, 0.717) is 10.6 Å². The maximum Gasteiger partial charge on any atom is 0.261 e. The summed E-state index contributed by atoms with van der Waals surface area (Å²) in [6, 6.07) is 13.0. The van der Waals surface area contributed by atoms with E-state index in [1.807, 2.05) is 30.3 Å². The molecule has 0 fully saturated rings. The molecule has 0 saturated carbocycles. The van der Waals surface area contributed by atoms with Crippen molar-refractivity contribution in [2.45, 2.75) is 62.8 Å². The lowest BCUT2D eigenvalue weighted by atomic mass is 9.92. The van der Waals surface area contributed by atoms with Crippen LogP contribution >= 0.6 is 0 Å². The zero-order chi connectivity index (χ0) is 20.6. The largest absolute Gasteiger partial charge is 0.311 e. The molecular weight excluding hydrogens is 396 g/mol. The van der Waals surface area contributed by atoms with Crippen molar-refractivity contribution in [3.05, 3.63) is 59.4 Å². The van der Waals surface area contributed by atoms with Gasteiger partial charge in [0, 0.05) is 18.5 Å². The Morgan fingerprint density at radius 1 is 0.833 bits per heavy atom. The Kier molecular flexibility index (Phi) is 5.06. The number of aryl methyl sites for hydroxylation is 3. The van der Waals surface area contributed by atoms with Crippen molar-refractivity contribution in [1.82, 2.24) is 14.8 Å². The van der Waals surface area contributed by atoms with Gasteiger partial charge >= 0.3 is 0 Å². The number of para-hydroxylation sites is 1. The number of anilines is 1. The average molecular weight is 423 g/mol. The molecule has 7 heteroatoms. The molecule has 30 heavy (non-hydrogen) atoms. The molecule has 0 radical (unpaired) electrons. The highest BCUT2D eigenvalue weighted by molar-refractivity contribution is 7.92. The maximum absolute atomic E-state index is 13.2. The second kappa shape index (κ2) is 7.87. The summed E-state index contributed by atoms with van der Waals surface area (Å²) in [5.74, 6) is 1.71. The quantitative estimate of drug-likeness (QED) is 0.678. The fourth-order valence-corrected chi connectivity index (χ4v) is 5.66. The first-order chi connectivity index (χ1) is 14.6. The van der Waals surface area contributed by atoms with Crippen LogP contribution in [0.4, 0.5) is 5.69 Å². The summed E-state index contributed by atoms with van der Waals surface area (Å²) in [5, 5.41) is 8.78. The van der Waals surface area contributed by atoms with E-state index in [1.165, 1.54) is 18.4 Å². The van der Waals surface area contributed by atoms with Gasteiger partial charge in [-0.2, -0.15) is 0 Å². The molecule has 1 aliphatic carbocycles. The Morgan fingerprint density at radius 2 is 1.63 bits per heavy atom. The number of hydrogen-bond acceptors (Lipinski definition) is 4. The van der Waals surface area contributed by atoms with Gasteiger partial charge in [0.1, 0.15) is 5.82 Å². The van der Waals surface area contributed by atoms with Gasteiger partial charge in [-0.1, -0.05) is 24.6 Å². The van der Waals surface area contributed by atoms with Crippen LogP contribution in [0.25, 0.3) is 11.4 Å². The van der Waals surface area contributed by atoms with E-state index < -0.39 is 10.0 Å². The number of aromatic nitrogens is 3. The molecule has 5 rings (SSSR count). The number of benzene rings is 2. The Morgan fingerprint density at radius 3 is 2.53 bits per heavy atom. The number of fused-ring (bicyclic) bond motifs is 2. The maximum atomic E-state index is 13.2. The van der Waals surface area contributed by atoms with E-state index in [4.69, 9.17) is 0 Å². The van der Waals surface area contributed by atoms with Crippen molar-refractivity contribution >= 4 is 15.7 Å². The summed E-state index contributed by atoms with van der Waals surface area (Å²) >= 11 is 0. The summed E-state index contributed by atoms with van der Waals surface area (Å²) in [6.45, 7) is 0.865. The highest BCUT2D eigenvalue weighted by atomic mass is 32.2. The van der Waals surface area contributed by atoms with Gasteiger partial charge in [0.05, 0.1) is 10.6 Å². The fourth-order valence-electron chi connectivity index (χ4n) is 4.53. The molecular formula is C23H26N4O2S. The van der Waals surface area contributed by atoms with E-state index >= 15 is 0 Å². The SMILES string of the molecule is O=S(=O)(Nc1ccccc1-c1nnc2n1CCCCC2)c1ccc2c(c1)CCCC2. The van der Waals surface area contributed by atoms with Crippen molar-refractivity contribution < 1.29 is 8.42 Å². The molecule has 2 heterocycles. The lowest BCUT2D eigenvalue weighted by molar-refractivity contribution is 0.600. The highest BCUT2D eigenvalue weighted by Gasteiger charge is 2.22. The smallest absolute Gasteiger partial charge is 0.261 e. The Bertz CT molecular complexity index is 1180. The van der Waals surface area contributed by atoms with Gasteiger partial charge in [0.15, 0.2) is 5.82 Å².